The van der Waals surface area contributed by atoms with E-state index in [1.807, 2.05) is 7.05 Å². The van der Waals surface area contributed by atoms with Gasteiger partial charge in [-0.05, 0) is 39.7 Å². The summed E-state index contributed by atoms with van der Waals surface area (Å²) >= 11 is 0. The summed E-state index contributed by atoms with van der Waals surface area (Å²) < 4.78 is 5.67. The molecule has 4 nitrogen and oxygen atoms in total. The van der Waals surface area contributed by atoms with E-state index < -0.39 is 0 Å². The Bertz CT molecular complexity index is 302. The third-order valence-corrected chi connectivity index (χ3v) is 4.18. The molecule has 1 aliphatic heterocycles. The molecule has 0 radical (unpaired) electrons. The van der Waals surface area contributed by atoms with Crippen LogP contribution >= 0.6 is 0 Å². The molecule has 0 amide bonds. The summed E-state index contributed by atoms with van der Waals surface area (Å²) in [5, 5.41) is 12.5. The number of nitrogens with zero attached hydrogens (tertiary/aromatic N) is 2. The van der Waals surface area contributed by atoms with Crippen LogP contribution in [0.25, 0.3) is 0 Å². The minimum Gasteiger partial charge on any atom is -0.377 e. The van der Waals surface area contributed by atoms with Gasteiger partial charge in [0.25, 0.3) is 0 Å². The topological polar surface area (TPSA) is 48.3 Å². The second-order valence-electron chi connectivity index (χ2n) is 5.37. The van der Waals surface area contributed by atoms with Crippen LogP contribution in [-0.4, -0.2) is 49.3 Å². The van der Waals surface area contributed by atoms with Gasteiger partial charge in [-0.25, -0.2) is 0 Å². The predicted molar refractivity (Wildman–Crippen MR) is 66.6 cm³/mol. The standard InChI is InChI=1S/C13H23N3O/c1-11-9-16(6-3-7-17-11)12-4-5-13(8-12,10-14)15-2/h11-12,15H,3-9H2,1-2H3. The maximum absolute atomic E-state index is 9.28. The van der Waals surface area contributed by atoms with Crippen LogP contribution in [-0.2, 0) is 4.74 Å². The summed E-state index contributed by atoms with van der Waals surface area (Å²) in [4.78, 5) is 2.52. The first-order valence-electron chi connectivity index (χ1n) is 6.65. The lowest BCUT2D eigenvalue weighted by Crippen LogP contribution is -2.43. The Kier molecular flexibility index (Phi) is 4.03. The molecule has 0 aromatic carbocycles. The molecule has 4 heteroatoms. The lowest BCUT2D eigenvalue weighted by molar-refractivity contribution is 0.0606. The van der Waals surface area contributed by atoms with Crippen molar-refractivity contribution < 1.29 is 4.74 Å². The van der Waals surface area contributed by atoms with E-state index in [1.165, 1.54) is 0 Å². The van der Waals surface area contributed by atoms with Crippen molar-refractivity contribution in [2.24, 2.45) is 0 Å². The summed E-state index contributed by atoms with van der Waals surface area (Å²) in [6, 6.07) is 3.00. The zero-order valence-corrected chi connectivity index (χ0v) is 10.9. The van der Waals surface area contributed by atoms with Gasteiger partial charge in [0.1, 0.15) is 5.54 Å². The Morgan fingerprint density at radius 2 is 2.35 bits per heavy atom. The molecule has 0 aromatic rings. The molecule has 1 N–H and O–H groups in total. The fraction of sp³-hybridized carbons (Fsp3) is 0.923. The Morgan fingerprint density at radius 1 is 1.53 bits per heavy atom. The molecule has 1 saturated carbocycles. The number of ether oxygens (including phenoxy) is 1. The zero-order valence-electron chi connectivity index (χ0n) is 10.9. The van der Waals surface area contributed by atoms with Crippen molar-refractivity contribution in [3.8, 4) is 6.07 Å². The van der Waals surface area contributed by atoms with Crippen molar-refractivity contribution in [1.29, 1.82) is 5.26 Å². The highest BCUT2D eigenvalue weighted by atomic mass is 16.5. The van der Waals surface area contributed by atoms with E-state index in [2.05, 4.69) is 23.2 Å². The smallest absolute Gasteiger partial charge is 0.108 e. The Morgan fingerprint density at radius 3 is 3.00 bits per heavy atom. The Labute approximate surface area is 104 Å². The minimum atomic E-state index is -0.291. The third-order valence-electron chi connectivity index (χ3n) is 4.18. The van der Waals surface area contributed by atoms with E-state index in [0.29, 0.717) is 12.1 Å². The average Bonchev–Trinajstić information content (AvgIpc) is 2.67. The molecule has 0 aromatic heterocycles. The first-order chi connectivity index (χ1) is 8.19. The van der Waals surface area contributed by atoms with Crippen molar-refractivity contribution >= 4 is 0 Å². The summed E-state index contributed by atoms with van der Waals surface area (Å²) in [6.07, 6.45) is 4.48. The van der Waals surface area contributed by atoms with Crippen molar-refractivity contribution in [3.63, 3.8) is 0 Å². The average molecular weight is 237 g/mol. The van der Waals surface area contributed by atoms with E-state index in [9.17, 15) is 5.26 Å². The molecule has 0 bridgehead atoms. The fourth-order valence-electron chi connectivity index (χ4n) is 3.07. The summed E-state index contributed by atoms with van der Waals surface area (Å²) in [5.41, 5.74) is -0.291. The molecule has 0 spiro atoms. The van der Waals surface area contributed by atoms with Gasteiger partial charge in [-0.2, -0.15) is 5.26 Å². The van der Waals surface area contributed by atoms with E-state index in [1.54, 1.807) is 0 Å². The van der Waals surface area contributed by atoms with Crippen LogP contribution in [0.3, 0.4) is 0 Å². The van der Waals surface area contributed by atoms with Crippen LogP contribution in [0.4, 0.5) is 0 Å². The van der Waals surface area contributed by atoms with Gasteiger partial charge in [-0.3, -0.25) is 4.90 Å². The molecular formula is C13H23N3O. The van der Waals surface area contributed by atoms with Gasteiger partial charge >= 0.3 is 0 Å². The van der Waals surface area contributed by atoms with E-state index in [-0.39, 0.29) is 5.54 Å². The second-order valence-corrected chi connectivity index (χ2v) is 5.37. The van der Waals surface area contributed by atoms with Gasteiger partial charge < -0.3 is 10.1 Å². The monoisotopic (exact) mass is 237 g/mol. The summed E-state index contributed by atoms with van der Waals surface area (Å²) in [6.45, 7) is 5.14. The number of nitriles is 1. The molecule has 2 fully saturated rings. The van der Waals surface area contributed by atoms with Crippen molar-refractivity contribution in [3.05, 3.63) is 0 Å². The van der Waals surface area contributed by atoms with Gasteiger partial charge in [0.2, 0.25) is 0 Å². The Balaban J connectivity index is 1.97. The number of nitrogens with one attached hydrogen (secondary N) is 1. The van der Waals surface area contributed by atoms with Crippen LogP contribution in [0.2, 0.25) is 0 Å². The van der Waals surface area contributed by atoms with Crippen LogP contribution in [0.5, 0.6) is 0 Å². The van der Waals surface area contributed by atoms with Crippen molar-refractivity contribution in [2.75, 3.05) is 26.7 Å². The first-order valence-corrected chi connectivity index (χ1v) is 6.65. The summed E-state index contributed by atoms with van der Waals surface area (Å²) in [7, 11) is 1.90. The first kappa shape index (κ1) is 12.8. The zero-order chi connectivity index (χ0) is 12.3. The SMILES string of the molecule is CNC1(C#N)CCC(N2CCCOC(C)C2)C1. The molecule has 2 rings (SSSR count). The highest BCUT2D eigenvalue weighted by Gasteiger charge is 2.40. The van der Waals surface area contributed by atoms with Crippen LogP contribution in [0.1, 0.15) is 32.6 Å². The van der Waals surface area contributed by atoms with Crippen LogP contribution < -0.4 is 5.32 Å². The molecule has 96 valence electrons. The van der Waals surface area contributed by atoms with Crippen molar-refractivity contribution in [2.45, 2.75) is 50.3 Å². The summed E-state index contributed by atoms with van der Waals surface area (Å²) in [5.74, 6) is 0. The molecule has 17 heavy (non-hydrogen) atoms. The number of hydrogen-bond donors (Lipinski definition) is 1. The molecule has 1 heterocycles. The largest absolute Gasteiger partial charge is 0.377 e. The van der Waals surface area contributed by atoms with Crippen LogP contribution in [0, 0.1) is 11.3 Å². The molecule has 3 unspecified atom stereocenters. The quantitative estimate of drug-likeness (QED) is 0.782. The Hall–Kier alpha value is -0.630. The highest BCUT2D eigenvalue weighted by molar-refractivity contribution is 5.12. The number of hydrogen-bond acceptors (Lipinski definition) is 4. The lowest BCUT2D eigenvalue weighted by atomic mass is 10.00. The van der Waals surface area contributed by atoms with Crippen molar-refractivity contribution in [1.82, 2.24) is 10.2 Å². The second kappa shape index (κ2) is 5.34. The molecule has 1 saturated heterocycles. The molecule has 3 atom stereocenters. The van der Waals surface area contributed by atoms with E-state index in [4.69, 9.17) is 4.74 Å². The lowest BCUT2D eigenvalue weighted by Gasteiger charge is -2.29. The van der Waals surface area contributed by atoms with Gasteiger partial charge in [-0.1, -0.05) is 0 Å². The van der Waals surface area contributed by atoms with Gasteiger partial charge in [0.15, 0.2) is 0 Å². The molecular weight excluding hydrogens is 214 g/mol. The van der Waals surface area contributed by atoms with Gasteiger partial charge in [0.05, 0.1) is 12.2 Å². The fourth-order valence-corrected chi connectivity index (χ4v) is 3.07. The molecule has 2 aliphatic rings. The maximum atomic E-state index is 9.28. The maximum Gasteiger partial charge on any atom is 0.108 e. The van der Waals surface area contributed by atoms with Gasteiger partial charge in [-0.15, -0.1) is 0 Å². The van der Waals surface area contributed by atoms with E-state index in [0.717, 1.165) is 45.4 Å². The third kappa shape index (κ3) is 2.79. The highest BCUT2D eigenvalue weighted by Crippen LogP contribution is 2.33. The van der Waals surface area contributed by atoms with Gasteiger partial charge in [0, 0.05) is 25.7 Å². The minimum absolute atomic E-state index is 0.291. The predicted octanol–water partition coefficient (Wildman–Crippen LogP) is 1.13. The number of rotatable bonds is 2. The van der Waals surface area contributed by atoms with Crippen LogP contribution in [0.15, 0.2) is 0 Å². The molecule has 1 aliphatic carbocycles. The normalized spacial score (nSPS) is 39.8. The van der Waals surface area contributed by atoms with E-state index >= 15 is 0 Å².